The molecule has 0 saturated carbocycles. The van der Waals surface area contributed by atoms with Crippen molar-refractivity contribution < 1.29 is 13.3 Å². The van der Waals surface area contributed by atoms with E-state index < -0.39 is 17.7 Å². The average molecular weight is 267 g/mol. The zero-order valence-corrected chi connectivity index (χ0v) is 10.7. The third-order valence-corrected chi connectivity index (χ3v) is 2.65. The molecule has 1 aromatic heterocycles. The Morgan fingerprint density at radius 2 is 2.05 bits per heavy atom. The van der Waals surface area contributed by atoms with Gasteiger partial charge < -0.3 is 10.3 Å². The Hall–Kier alpha value is -1.82. The van der Waals surface area contributed by atoms with E-state index in [1.54, 1.807) is 0 Å². The maximum atomic E-state index is 13.6. The second kappa shape index (κ2) is 5.44. The van der Waals surface area contributed by atoms with Crippen LogP contribution in [0, 0.1) is 17.6 Å². The fourth-order valence-corrected chi connectivity index (χ4v) is 1.77. The van der Waals surface area contributed by atoms with E-state index in [1.165, 1.54) is 0 Å². The molecule has 0 amide bonds. The lowest BCUT2D eigenvalue weighted by Crippen LogP contribution is -2.13. The monoisotopic (exact) mass is 267 g/mol. The van der Waals surface area contributed by atoms with Gasteiger partial charge in [0.05, 0.1) is 11.6 Å². The van der Waals surface area contributed by atoms with Crippen molar-refractivity contribution in [2.75, 3.05) is 0 Å². The topological polar surface area (TPSA) is 64.9 Å². The first kappa shape index (κ1) is 13.6. The van der Waals surface area contributed by atoms with Gasteiger partial charge in [-0.1, -0.05) is 19.0 Å². The largest absolute Gasteiger partial charge is 0.337 e. The summed E-state index contributed by atoms with van der Waals surface area (Å²) in [5.41, 5.74) is 5.86. The molecular formula is C13H15F2N3O. The van der Waals surface area contributed by atoms with Crippen molar-refractivity contribution in [1.82, 2.24) is 10.1 Å². The van der Waals surface area contributed by atoms with E-state index in [0.29, 0.717) is 12.3 Å². The minimum absolute atomic E-state index is 0.00575. The third kappa shape index (κ3) is 3.14. The van der Waals surface area contributed by atoms with Crippen LogP contribution in [-0.2, 0) is 0 Å². The predicted octanol–water partition coefficient (Wildman–Crippen LogP) is 3.06. The van der Waals surface area contributed by atoms with E-state index >= 15 is 0 Å². The van der Waals surface area contributed by atoms with Crippen molar-refractivity contribution in [3.63, 3.8) is 0 Å². The van der Waals surface area contributed by atoms with Gasteiger partial charge in [0.15, 0.2) is 0 Å². The first-order chi connectivity index (χ1) is 8.97. The summed E-state index contributed by atoms with van der Waals surface area (Å²) in [7, 11) is 0. The van der Waals surface area contributed by atoms with Crippen LogP contribution in [0.1, 0.15) is 32.2 Å². The standard InChI is InChI=1S/C13H15F2N3O/c1-7(2)5-11(16)13-17-12(18-19-13)9-6-8(14)3-4-10(9)15/h3-4,6-7,11H,5,16H2,1-2H3. The number of aromatic nitrogens is 2. The summed E-state index contributed by atoms with van der Waals surface area (Å²) in [5, 5.41) is 3.64. The summed E-state index contributed by atoms with van der Waals surface area (Å²) < 4.78 is 31.7. The fraction of sp³-hybridized carbons (Fsp3) is 0.385. The van der Waals surface area contributed by atoms with Gasteiger partial charge in [0.25, 0.3) is 0 Å². The molecule has 0 fully saturated rings. The molecule has 0 saturated heterocycles. The lowest BCUT2D eigenvalue weighted by atomic mass is 10.0. The Kier molecular flexibility index (Phi) is 3.90. The molecule has 1 heterocycles. The van der Waals surface area contributed by atoms with Crippen LogP contribution in [0.25, 0.3) is 11.4 Å². The zero-order chi connectivity index (χ0) is 14.0. The molecule has 1 unspecified atom stereocenters. The molecule has 2 rings (SSSR count). The average Bonchev–Trinajstić information content (AvgIpc) is 2.80. The molecule has 19 heavy (non-hydrogen) atoms. The van der Waals surface area contributed by atoms with Crippen LogP contribution in [0.2, 0.25) is 0 Å². The van der Waals surface area contributed by atoms with Crippen molar-refractivity contribution in [2.24, 2.45) is 11.7 Å². The van der Waals surface area contributed by atoms with Gasteiger partial charge in [-0.2, -0.15) is 4.98 Å². The van der Waals surface area contributed by atoms with E-state index in [2.05, 4.69) is 10.1 Å². The molecule has 0 spiro atoms. The number of nitrogens with two attached hydrogens (primary N) is 1. The van der Waals surface area contributed by atoms with Gasteiger partial charge >= 0.3 is 0 Å². The molecular weight excluding hydrogens is 252 g/mol. The van der Waals surface area contributed by atoms with E-state index in [0.717, 1.165) is 18.2 Å². The Labute approximate surface area is 109 Å². The quantitative estimate of drug-likeness (QED) is 0.924. The second-order valence-electron chi connectivity index (χ2n) is 4.82. The van der Waals surface area contributed by atoms with Crippen molar-refractivity contribution in [3.05, 3.63) is 35.7 Å². The highest BCUT2D eigenvalue weighted by atomic mass is 19.1. The molecule has 0 aliphatic rings. The number of halogens is 2. The molecule has 2 aromatic rings. The van der Waals surface area contributed by atoms with Crippen LogP contribution >= 0.6 is 0 Å². The van der Waals surface area contributed by atoms with E-state index in [-0.39, 0.29) is 17.3 Å². The molecule has 1 atom stereocenters. The highest BCUT2D eigenvalue weighted by Crippen LogP contribution is 2.24. The van der Waals surface area contributed by atoms with Gasteiger partial charge in [-0.25, -0.2) is 8.78 Å². The van der Waals surface area contributed by atoms with Crippen LogP contribution in [0.5, 0.6) is 0 Å². The zero-order valence-electron chi connectivity index (χ0n) is 10.7. The van der Waals surface area contributed by atoms with Gasteiger partial charge in [-0.05, 0) is 30.5 Å². The Morgan fingerprint density at radius 3 is 2.74 bits per heavy atom. The normalized spacial score (nSPS) is 12.9. The van der Waals surface area contributed by atoms with Crippen molar-refractivity contribution in [3.8, 4) is 11.4 Å². The SMILES string of the molecule is CC(C)CC(N)c1nc(-c2cc(F)ccc2F)no1. The summed E-state index contributed by atoms with van der Waals surface area (Å²) in [6.07, 6.45) is 0.674. The number of nitrogens with zero attached hydrogens (tertiary/aromatic N) is 2. The van der Waals surface area contributed by atoms with Gasteiger partial charge in [0.2, 0.25) is 11.7 Å². The van der Waals surface area contributed by atoms with E-state index in [4.69, 9.17) is 10.3 Å². The highest BCUT2D eigenvalue weighted by molar-refractivity contribution is 5.55. The second-order valence-corrected chi connectivity index (χ2v) is 4.82. The Bertz CT molecular complexity index is 569. The molecule has 102 valence electrons. The summed E-state index contributed by atoms with van der Waals surface area (Å²) >= 11 is 0. The summed E-state index contributed by atoms with van der Waals surface area (Å²) in [5.74, 6) is -0.560. The predicted molar refractivity (Wildman–Crippen MR) is 66.0 cm³/mol. The Morgan fingerprint density at radius 1 is 1.32 bits per heavy atom. The fourth-order valence-electron chi connectivity index (χ4n) is 1.77. The minimum atomic E-state index is -0.605. The van der Waals surface area contributed by atoms with Gasteiger partial charge in [-0.3, -0.25) is 0 Å². The first-order valence-electron chi connectivity index (χ1n) is 6.02. The van der Waals surface area contributed by atoms with Crippen LogP contribution in [0.3, 0.4) is 0 Å². The molecule has 0 radical (unpaired) electrons. The van der Waals surface area contributed by atoms with Gasteiger partial charge in [-0.15, -0.1) is 0 Å². The molecule has 4 nitrogen and oxygen atoms in total. The summed E-state index contributed by atoms with van der Waals surface area (Å²) in [4.78, 5) is 4.03. The number of hydrogen-bond acceptors (Lipinski definition) is 4. The van der Waals surface area contributed by atoms with Crippen molar-refractivity contribution in [2.45, 2.75) is 26.3 Å². The maximum Gasteiger partial charge on any atom is 0.243 e. The summed E-state index contributed by atoms with van der Waals surface area (Å²) in [6.45, 7) is 4.03. The van der Waals surface area contributed by atoms with Crippen LogP contribution in [-0.4, -0.2) is 10.1 Å². The lowest BCUT2D eigenvalue weighted by Gasteiger charge is -2.08. The third-order valence-electron chi connectivity index (χ3n) is 2.65. The van der Waals surface area contributed by atoms with Crippen LogP contribution in [0.4, 0.5) is 8.78 Å². The van der Waals surface area contributed by atoms with E-state index in [9.17, 15) is 8.78 Å². The number of benzene rings is 1. The van der Waals surface area contributed by atoms with Crippen molar-refractivity contribution >= 4 is 0 Å². The summed E-state index contributed by atoms with van der Waals surface area (Å²) in [6, 6.07) is 2.68. The van der Waals surface area contributed by atoms with Crippen molar-refractivity contribution in [1.29, 1.82) is 0 Å². The maximum absolute atomic E-state index is 13.6. The van der Waals surface area contributed by atoms with Crippen LogP contribution in [0.15, 0.2) is 22.7 Å². The number of hydrogen-bond donors (Lipinski definition) is 1. The van der Waals surface area contributed by atoms with E-state index in [1.807, 2.05) is 13.8 Å². The molecule has 0 aliphatic heterocycles. The number of rotatable bonds is 4. The lowest BCUT2D eigenvalue weighted by molar-refractivity contribution is 0.335. The molecule has 2 N–H and O–H groups in total. The smallest absolute Gasteiger partial charge is 0.243 e. The molecule has 6 heteroatoms. The molecule has 0 aliphatic carbocycles. The van der Waals surface area contributed by atoms with Gasteiger partial charge in [0.1, 0.15) is 11.6 Å². The highest BCUT2D eigenvalue weighted by Gasteiger charge is 2.18. The Balaban J connectivity index is 2.28. The first-order valence-corrected chi connectivity index (χ1v) is 6.02. The van der Waals surface area contributed by atoms with Crippen LogP contribution < -0.4 is 5.73 Å². The molecule has 1 aromatic carbocycles. The minimum Gasteiger partial charge on any atom is -0.337 e. The molecule has 0 bridgehead atoms. The van der Waals surface area contributed by atoms with Gasteiger partial charge in [0, 0.05) is 0 Å².